The minimum absolute atomic E-state index is 0.184. The third kappa shape index (κ3) is 3.83. The van der Waals surface area contributed by atoms with Gasteiger partial charge in [0.2, 0.25) is 10.0 Å². The third-order valence-electron chi connectivity index (χ3n) is 3.75. The van der Waals surface area contributed by atoms with Crippen molar-refractivity contribution in [3.05, 3.63) is 70.7 Å². The molecule has 0 bridgehead atoms. The Bertz CT molecular complexity index is 1090. The van der Waals surface area contributed by atoms with Gasteiger partial charge in [-0.25, -0.2) is 22.3 Å². The SMILES string of the molecule is NS(=O)(=O)c1c(F)cc(-c2ccc(-c3cccc(Br)c3)c(S)c2)cc1F. The van der Waals surface area contributed by atoms with E-state index in [1.807, 2.05) is 24.3 Å². The molecule has 0 aromatic heterocycles. The molecule has 0 aliphatic heterocycles. The highest BCUT2D eigenvalue weighted by Crippen LogP contribution is 2.33. The molecular weight excluding hydrogens is 444 g/mol. The van der Waals surface area contributed by atoms with Crippen molar-refractivity contribution in [2.24, 2.45) is 5.14 Å². The summed E-state index contributed by atoms with van der Waals surface area (Å²) in [6.07, 6.45) is 0. The summed E-state index contributed by atoms with van der Waals surface area (Å²) in [4.78, 5) is -0.532. The van der Waals surface area contributed by atoms with Gasteiger partial charge < -0.3 is 0 Å². The van der Waals surface area contributed by atoms with Crippen LogP contribution in [0.25, 0.3) is 22.3 Å². The van der Waals surface area contributed by atoms with Crippen molar-refractivity contribution < 1.29 is 17.2 Å². The van der Waals surface area contributed by atoms with Crippen molar-refractivity contribution >= 4 is 38.6 Å². The van der Waals surface area contributed by atoms with Gasteiger partial charge in [0.25, 0.3) is 0 Å². The highest BCUT2D eigenvalue weighted by Gasteiger charge is 2.21. The standard InChI is InChI=1S/C18H12BrF2NO2S2/c19-13-3-1-2-11(6-13)14-5-4-10(9-17(14)25)12-7-15(20)18(16(21)8-12)26(22,23)24/h1-9,25H,(H2,22,23,24). The fourth-order valence-corrected chi connectivity index (χ4v) is 4.01. The monoisotopic (exact) mass is 455 g/mol. The number of rotatable bonds is 3. The molecule has 0 aliphatic carbocycles. The van der Waals surface area contributed by atoms with Crippen molar-refractivity contribution in [1.82, 2.24) is 0 Å². The Morgan fingerprint density at radius 3 is 2.08 bits per heavy atom. The second-order valence-electron chi connectivity index (χ2n) is 5.56. The number of hydrogen-bond acceptors (Lipinski definition) is 3. The highest BCUT2D eigenvalue weighted by molar-refractivity contribution is 9.10. The van der Waals surface area contributed by atoms with Crippen LogP contribution in [0, 0.1) is 11.6 Å². The van der Waals surface area contributed by atoms with E-state index in [4.69, 9.17) is 5.14 Å². The molecule has 26 heavy (non-hydrogen) atoms. The minimum Gasteiger partial charge on any atom is -0.224 e. The van der Waals surface area contributed by atoms with Crippen LogP contribution < -0.4 is 5.14 Å². The molecule has 0 heterocycles. The number of benzene rings is 3. The summed E-state index contributed by atoms with van der Waals surface area (Å²) in [5.74, 6) is -2.47. The van der Waals surface area contributed by atoms with Gasteiger partial charge in [-0.05, 0) is 52.6 Å². The lowest BCUT2D eigenvalue weighted by Gasteiger charge is -2.11. The fraction of sp³-hybridized carbons (Fsp3) is 0. The number of thiol groups is 1. The zero-order valence-electron chi connectivity index (χ0n) is 13.1. The number of sulfonamides is 1. The number of hydrogen-bond donors (Lipinski definition) is 2. The largest absolute Gasteiger partial charge is 0.243 e. The van der Waals surface area contributed by atoms with Crippen LogP contribution in [-0.4, -0.2) is 8.42 Å². The van der Waals surface area contributed by atoms with Gasteiger partial charge in [-0.2, -0.15) is 0 Å². The molecule has 8 heteroatoms. The minimum atomic E-state index is -4.49. The number of halogens is 3. The Labute approximate surface area is 163 Å². The first-order valence-electron chi connectivity index (χ1n) is 7.28. The van der Waals surface area contributed by atoms with Crippen molar-refractivity contribution in [3.8, 4) is 22.3 Å². The summed E-state index contributed by atoms with van der Waals surface area (Å²) in [7, 11) is -4.49. The van der Waals surface area contributed by atoms with Crippen LogP contribution in [0.3, 0.4) is 0 Å². The first-order chi connectivity index (χ1) is 12.2. The molecule has 0 saturated carbocycles. The second kappa shape index (κ2) is 7.11. The van der Waals surface area contributed by atoms with Crippen LogP contribution in [0.4, 0.5) is 8.78 Å². The van der Waals surface area contributed by atoms with E-state index < -0.39 is 26.6 Å². The Kier molecular flexibility index (Phi) is 5.21. The first kappa shape index (κ1) is 19.0. The summed E-state index contributed by atoms with van der Waals surface area (Å²) in [5, 5.41) is 4.84. The van der Waals surface area contributed by atoms with Crippen LogP contribution >= 0.6 is 28.6 Å². The number of nitrogens with two attached hydrogens (primary N) is 1. The van der Waals surface area contributed by atoms with Crippen molar-refractivity contribution in [2.75, 3.05) is 0 Å². The maximum absolute atomic E-state index is 14.1. The topological polar surface area (TPSA) is 60.2 Å². The van der Waals surface area contributed by atoms with Crippen molar-refractivity contribution in [3.63, 3.8) is 0 Å². The molecule has 0 amide bonds. The van der Waals surface area contributed by atoms with E-state index >= 15 is 0 Å². The highest BCUT2D eigenvalue weighted by atomic mass is 79.9. The van der Waals surface area contributed by atoms with E-state index in [1.165, 1.54) is 0 Å². The molecule has 3 nitrogen and oxygen atoms in total. The fourth-order valence-electron chi connectivity index (χ4n) is 2.61. The zero-order chi connectivity index (χ0) is 19.1. The van der Waals surface area contributed by atoms with E-state index in [1.54, 1.807) is 18.2 Å². The quantitative estimate of drug-likeness (QED) is 0.546. The molecule has 3 rings (SSSR count). The van der Waals surface area contributed by atoms with Gasteiger partial charge >= 0.3 is 0 Å². The smallest absolute Gasteiger partial charge is 0.224 e. The lowest BCUT2D eigenvalue weighted by atomic mass is 10.00. The molecule has 0 atom stereocenters. The molecule has 0 fully saturated rings. The lowest BCUT2D eigenvalue weighted by molar-refractivity contribution is 0.520. The van der Waals surface area contributed by atoms with Gasteiger partial charge in [-0.1, -0.05) is 40.2 Å². The Hall–Kier alpha value is -1.74. The van der Waals surface area contributed by atoms with Crippen LogP contribution in [-0.2, 0) is 10.0 Å². The van der Waals surface area contributed by atoms with Gasteiger partial charge in [0.15, 0.2) is 4.90 Å². The van der Waals surface area contributed by atoms with E-state index in [2.05, 4.69) is 28.6 Å². The maximum atomic E-state index is 14.1. The molecule has 0 saturated heterocycles. The van der Waals surface area contributed by atoms with E-state index in [0.29, 0.717) is 10.5 Å². The molecule has 3 aromatic carbocycles. The third-order valence-corrected chi connectivity index (χ3v) is 5.57. The molecule has 134 valence electrons. The Morgan fingerprint density at radius 1 is 0.885 bits per heavy atom. The summed E-state index contributed by atoms with van der Waals surface area (Å²) >= 11 is 7.87. The zero-order valence-corrected chi connectivity index (χ0v) is 16.4. The number of primary sulfonamides is 1. The summed E-state index contributed by atoms with van der Waals surface area (Å²) in [5.41, 5.74) is 2.45. The van der Waals surface area contributed by atoms with Gasteiger partial charge in [-0.15, -0.1) is 12.6 Å². The predicted octanol–water partition coefficient (Wildman–Crippen LogP) is 5.00. The molecule has 0 spiro atoms. The van der Waals surface area contributed by atoms with Crippen LogP contribution in [0.5, 0.6) is 0 Å². The molecular formula is C18H12BrF2NO2S2. The Balaban J connectivity index is 2.08. The van der Waals surface area contributed by atoms with Crippen LogP contribution in [0.2, 0.25) is 0 Å². The van der Waals surface area contributed by atoms with E-state index in [0.717, 1.165) is 27.7 Å². The average Bonchev–Trinajstić information content (AvgIpc) is 2.52. The molecule has 2 N–H and O–H groups in total. The summed E-state index contributed by atoms with van der Waals surface area (Å²) in [6.45, 7) is 0. The first-order valence-corrected chi connectivity index (χ1v) is 10.1. The lowest BCUT2D eigenvalue weighted by Crippen LogP contribution is -2.16. The van der Waals surface area contributed by atoms with Gasteiger partial charge in [0, 0.05) is 9.37 Å². The normalized spacial score (nSPS) is 11.6. The Morgan fingerprint density at radius 2 is 1.54 bits per heavy atom. The van der Waals surface area contributed by atoms with Crippen LogP contribution in [0.1, 0.15) is 0 Å². The van der Waals surface area contributed by atoms with Gasteiger partial charge in [0.05, 0.1) is 0 Å². The molecule has 0 radical (unpaired) electrons. The maximum Gasteiger partial charge on any atom is 0.243 e. The van der Waals surface area contributed by atoms with E-state index in [9.17, 15) is 17.2 Å². The molecule has 0 unspecified atom stereocenters. The average molecular weight is 456 g/mol. The van der Waals surface area contributed by atoms with Gasteiger partial charge in [0.1, 0.15) is 11.6 Å². The van der Waals surface area contributed by atoms with Crippen LogP contribution in [0.15, 0.2) is 68.9 Å². The predicted molar refractivity (Wildman–Crippen MR) is 104 cm³/mol. The summed E-state index contributed by atoms with van der Waals surface area (Å²) < 4.78 is 51.6. The van der Waals surface area contributed by atoms with Crippen molar-refractivity contribution in [1.29, 1.82) is 0 Å². The van der Waals surface area contributed by atoms with Gasteiger partial charge in [-0.3, -0.25) is 0 Å². The molecule has 3 aromatic rings. The van der Waals surface area contributed by atoms with E-state index in [-0.39, 0.29) is 5.56 Å². The van der Waals surface area contributed by atoms with Crippen molar-refractivity contribution in [2.45, 2.75) is 9.79 Å². The molecule has 0 aliphatic rings. The second-order valence-corrected chi connectivity index (χ2v) is 8.45. The summed E-state index contributed by atoms with van der Waals surface area (Å²) in [6, 6.07) is 14.6.